The van der Waals surface area contributed by atoms with Gasteiger partial charge in [0, 0.05) is 18.2 Å². The molecule has 0 aliphatic heterocycles. The largest absolute Gasteiger partial charge is 0.508 e. The van der Waals surface area contributed by atoms with Crippen LogP contribution in [-0.2, 0) is 11.2 Å². The monoisotopic (exact) mass is 311 g/mol. The van der Waals surface area contributed by atoms with Gasteiger partial charge in [-0.15, -0.1) is 0 Å². The molecule has 0 radical (unpaired) electrons. The lowest BCUT2D eigenvalue weighted by Crippen LogP contribution is -2.09. The van der Waals surface area contributed by atoms with Gasteiger partial charge < -0.3 is 15.2 Å². The molecule has 120 valence electrons. The van der Waals surface area contributed by atoms with Gasteiger partial charge in [0.05, 0.1) is 0 Å². The smallest absolute Gasteiger partial charge is 0.221 e. The van der Waals surface area contributed by atoms with Crippen LogP contribution in [0.25, 0.3) is 0 Å². The van der Waals surface area contributed by atoms with E-state index in [1.807, 2.05) is 38.1 Å². The number of aromatic hydroxyl groups is 1. The maximum Gasteiger partial charge on any atom is 0.221 e. The SMILES string of the molecule is CC(=O)Nc1c(C)cc(OC2CCc3c(O)cccc32)cc1C. The molecule has 0 spiro atoms. The Hall–Kier alpha value is -2.49. The number of amides is 1. The number of ether oxygens (including phenoxy) is 1. The van der Waals surface area contributed by atoms with Crippen LogP contribution in [0, 0.1) is 13.8 Å². The summed E-state index contributed by atoms with van der Waals surface area (Å²) in [6, 6.07) is 9.47. The highest BCUT2D eigenvalue weighted by molar-refractivity contribution is 5.90. The maximum atomic E-state index is 11.3. The van der Waals surface area contributed by atoms with Gasteiger partial charge in [0.2, 0.25) is 5.91 Å². The summed E-state index contributed by atoms with van der Waals surface area (Å²) in [4.78, 5) is 11.3. The molecule has 0 bridgehead atoms. The molecular weight excluding hydrogens is 290 g/mol. The van der Waals surface area contributed by atoms with Crippen molar-refractivity contribution < 1.29 is 14.6 Å². The maximum absolute atomic E-state index is 11.3. The van der Waals surface area contributed by atoms with Gasteiger partial charge in [-0.3, -0.25) is 4.79 Å². The quantitative estimate of drug-likeness (QED) is 0.899. The Balaban J connectivity index is 1.85. The summed E-state index contributed by atoms with van der Waals surface area (Å²) >= 11 is 0. The molecule has 23 heavy (non-hydrogen) atoms. The number of benzene rings is 2. The fraction of sp³-hybridized carbons (Fsp3) is 0.316. The molecule has 2 N–H and O–H groups in total. The third kappa shape index (κ3) is 3.02. The molecule has 1 aliphatic carbocycles. The van der Waals surface area contributed by atoms with Crippen LogP contribution in [0.3, 0.4) is 0 Å². The van der Waals surface area contributed by atoms with Crippen molar-refractivity contribution in [3.05, 3.63) is 52.6 Å². The lowest BCUT2D eigenvalue weighted by Gasteiger charge is -2.18. The van der Waals surface area contributed by atoms with E-state index in [2.05, 4.69) is 5.32 Å². The van der Waals surface area contributed by atoms with Crippen LogP contribution >= 0.6 is 0 Å². The number of anilines is 1. The summed E-state index contributed by atoms with van der Waals surface area (Å²) in [5.41, 5.74) is 4.84. The molecule has 4 nitrogen and oxygen atoms in total. The van der Waals surface area contributed by atoms with Crippen molar-refractivity contribution in [3.8, 4) is 11.5 Å². The Bertz CT molecular complexity index is 744. The van der Waals surface area contributed by atoms with Crippen LogP contribution in [0.5, 0.6) is 11.5 Å². The summed E-state index contributed by atoms with van der Waals surface area (Å²) in [6.07, 6.45) is 1.65. The van der Waals surface area contributed by atoms with E-state index < -0.39 is 0 Å². The van der Waals surface area contributed by atoms with Crippen molar-refractivity contribution in [2.75, 3.05) is 5.32 Å². The number of nitrogens with one attached hydrogen (secondary N) is 1. The average molecular weight is 311 g/mol. The number of carbonyl (C=O) groups is 1. The van der Waals surface area contributed by atoms with E-state index in [4.69, 9.17) is 4.74 Å². The van der Waals surface area contributed by atoms with E-state index in [0.717, 1.165) is 46.5 Å². The minimum Gasteiger partial charge on any atom is -0.508 e. The molecule has 0 saturated carbocycles. The fourth-order valence-corrected chi connectivity index (χ4v) is 3.25. The number of aryl methyl sites for hydroxylation is 2. The van der Waals surface area contributed by atoms with E-state index in [0.29, 0.717) is 5.75 Å². The Morgan fingerprint density at radius 3 is 2.61 bits per heavy atom. The summed E-state index contributed by atoms with van der Waals surface area (Å²) in [5.74, 6) is 1.06. The summed E-state index contributed by atoms with van der Waals surface area (Å²) in [6.45, 7) is 5.42. The minimum atomic E-state index is -0.0786. The topological polar surface area (TPSA) is 58.6 Å². The van der Waals surface area contributed by atoms with E-state index in [9.17, 15) is 9.90 Å². The number of phenolic OH excluding ortho intramolecular Hbond substituents is 1. The highest BCUT2D eigenvalue weighted by atomic mass is 16.5. The van der Waals surface area contributed by atoms with E-state index in [1.165, 1.54) is 6.92 Å². The number of rotatable bonds is 3. The highest BCUT2D eigenvalue weighted by Gasteiger charge is 2.26. The zero-order valence-corrected chi connectivity index (χ0v) is 13.6. The zero-order valence-electron chi connectivity index (χ0n) is 13.6. The van der Waals surface area contributed by atoms with Crippen molar-refractivity contribution >= 4 is 11.6 Å². The first-order valence-corrected chi connectivity index (χ1v) is 7.82. The summed E-state index contributed by atoms with van der Waals surface area (Å²) in [7, 11) is 0. The standard InChI is InChI=1S/C19H21NO3/c1-11-9-14(10-12(2)19(11)20-13(3)21)23-18-8-7-15-16(18)5-4-6-17(15)22/h4-6,9-10,18,22H,7-8H2,1-3H3,(H,20,21). The van der Waals surface area contributed by atoms with Crippen molar-refractivity contribution in [2.24, 2.45) is 0 Å². The molecule has 4 heteroatoms. The molecule has 1 amide bonds. The highest BCUT2D eigenvalue weighted by Crippen LogP contribution is 2.39. The Labute approximate surface area is 136 Å². The van der Waals surface area contributed by atoms with Gasteiger partial charge >= 0.3 is 0 Å². The first-order chi connectivity index (χ1) is 11.0. The van der Waals surface area contributed by atoms with Crippen LogP contribution in [0.2, 0.25) is 0 Å². The number of hydrogen-bond acceptors (Lipinski definition) is 3. The predicted octanol–water partition coefficient (Wildman–Crippen LogP) is 4.03. The van der Waals surface area contributed by atoms with Crippen molar-refractivity contribution in [3.63, 3.8) is 0 Å². The molecular formula is C19H21NO3. The van der Waals surface area contributed by atoms with Crippen LogP contribution in [0.4, 0.5) is 5.69 Å². The molecule has 0 fully saturated rings. The number of carbonyl (C=O) groups excluding carboxylic acids is 1. The molecule has 3 rings (SSSR count). The van der Waals surface area contributed by atoms with E-state index >= 15 is 0 Å². The predicted molar refractivity (Wildman–Crippen MR) is 90.0 cm³/mol. The first kappa shape index (κ1) is 15.4. The molecule has 0 saturated heterocycles. The van der Waals surface area contributed by atoms with Crippen molar-refractivity contribution in [2.45, 2.75) is 39.7 Å². The van der Waals surface area contributed by atoms with Crippen LogP contribution < -0.4 is 10.1 Å². The Kier molecular flexibility index (Phi) is 3.99. The van der Waals surface area contributed by atoms with E-state index in [1.54, 1.807) is 6.07 Å². The van der Waals surface area contributed by atoms with Gasteiger partial charge in [-0.1, -0.05) is 12.1 Å². The molecule has 0 aromatic heterocycles. The zero-order chi connectivity index (χ0) is 16.6. The Morgan fingerprint density at radius 2 is 1.96 bits per heavy atom. The molecule has 1 atom stereocenters. The molecule has 2 aromatic rings. The van der Waals surface area contributed by atoms with Gasteiger partial charge in [0.15, 0.2) is 0 Å². The Morgan fingerprint density at radius 1 is 1.26 bits per heavy atom. The third-order valence-electron chi connectivity index (χ3n) is 4.28. The second-order valence-electron chi connectivity index (χ2n) is 6.10. The average Bonchev–Trinajstić information content (AvgIpc) is 2.87. The van der Waals surface area contributed by atoms with Gasteiger partial charge in [-0.05, 0) is 61.6 Å². The first-order valence-electron chi connectivity index (χ1n) is 7.82. The fourth-order valence-electron chi connectivity index (χ4n) is 3.25. The summed E-state index contributed by atoms with van der Waals surface area (Å²) in [5, 5.41) is 12.8. The molecule has 0 heterocycles. The molecule has 1 unspecified atom stereocenters. The number of hydrogen-bond donors (Lipinski definition) is 2. The summed E-state index contributed by atoms with van der Waals surface area (Å²) < 4.78 is 6.15. The van der Waals surface area contributed by atoms with Gasteiger partial charge in [0.25, 0.3) is 0 Å². The van der Waals surface area contributed by atoms with Crippen molar-refractivity contribution in [1.82, 2.24) is 0 Å². The molecule has 2 aromatic carbocycles. The van der Waals surface area contributed by atoms with Gasteiger partial charge in [-0.25, -0.2) is 0 Å². The van der Waals surface area contributed by atoms with Crippen molar-refractivity contribution in [1.29, 1.82) is 0 Å². The van der Waals surface area contributed by atoms with Gasteiger partial charge in [-0.2, -0.15) is 0 Å². The van der Waals surface area contributed by atoms with Crippen LogP contribution in [0.1, 0.15) is 41.7 Å². The van der Waals surface area contributed by atoms with Crippen LogP contribution in [-0.4, -0.2) is 11.0 Å². The lowest BCUT2D eigenvalue weighted by molar-refractivity contribution is -0.114. The minimum absolute atomic E-state index is 0.0393. The van der Waals surface area contributed by atoms with Gasteiger partial charge in [0.1, 0.15) is 17.6 Å². The lowest BCUT2D eigenvalue weighted by atomic mass is 10.1. The normalized spacial score (nSPS) is 16.0. The van der Waals surface area contributed by atoms with E-state index in [-0.39, 0.29) is 12.0 Å². The number of fused-ring (bicyclic) bond motifs is 1. The molecule has 1 aliphatic rings. The second-order valence-corrected chi connectivity index (χ2v) is 6.10. The third-order valence-corrected chi connectivity index (χ3v) is 4.28. The number of phenols is 1. The second kappa shape index (κ2) is 5.95. The van der Waals surface area contributed by atoms with Crippen LogP contribution in [0.15, 0.2) is 30.3 Å².